The lowest BCUT2D eigenvalue weighted by molar-refractivity contribution is 0.0910. The molecule has 10 nitrogen and oxygen atoms in total. The van der Waals surface area contributed by atoms with E-state index >= 15 is 0 Å². The molecule has 10 heteroatoms. The monoisotopic (exact) mass is 517 g/mol. The highest BCUT2D eigenvalue weighted by atomic mass is 16.2. The highest BCUT2D eigenvalue weighted by molar-refractivity contribution is 6.35. The Morgan fingerprint density at radius 2 is 0.949 bits per heavy atom. The molecule has 0 aliphatic carbocycles. The van der Waals surface area contributed by atoms with Gasteiger partial charge in [0.25, 0.3) is 29.5 Å². The van der Waals surface area contributed by atoms with E-state index in [9.17, 15) is 24.0 Å². The van der Waals surface area contributed by atoms with E-state index in [0.29, 0.717) is 34.0 Å². The van der Waals surface area contributed by atoms with Crippen LogP contribution in [-0.2, 0) is 0 Å². The van der Waals surface area contributed by atoms with Crippen molar-refractivity contribution in [3.05, 3.63) is 113 Å². The first-order valence-electron chi connectivity index (χ1n) is 11.8. The van der Waals surface area contributed by atoms with E-state index in [4.69, 9.17) is 11.5 Å². The van der Waals surface area contributed by atoms with E-state index in [1.165, 1.54) is 48.5 Å². The van der Waals surface area contributed by atoms with Gasteiger partial charge in [-0.1, -0.05) is 0 Å². The second kappa shape index (κ2) is 8.67. The minimum atomic E-state index is -0.485. The summed E-state index contributed by atoms with van der Waals surface area (Å²) in [4.78, 5) is 66.0. The van der Waals surface area contributed by atoms with Crippen molar-refractivity contribution in [2.45, 2.75) is 0 Å². The third-order valence-corrected chi connectivity index (χ3v) is 6.59. The van der Waals surface area contributed by atoms with Gasteiger partial charge in [0.15, 0.2) is 0 Å². The zero-order valence-corrected chi connectivity index (χ0v) is 20.2. The number of anilines is 5. The van der Waals surface area contributed by atoms with Gasteiger partial charge in [0.2, 0.25) is 0 Å². The van der Waals surface area contributed by atoms with Crippen LogP contribution in [0.4, 0.5) is 28.4 Å². The van der Waals surface area contributed by atoms with Crippen LogP contribution in [0.25, 0.3) is 0 Å². The average molecular weight is 518 g/mol. The maximum atomic E-state index is 12.8. The molecule has 5 N–H and O–H groups in total. The Labute approximate surface area is 221 Å². The molecule has 39 heavy (non-hydrogen) atoms. The number of hydrogen-bond donors (Lipinski definition) is 3. The number of benzene rings is 4. The smallest absolute Gasteiger partial charge is 0.266 e. The number of amides is 5. The molecule has 0 saturated carbocycles. The number of carbonyl (C=O) groups excluding carboxylic acids is 5. The van der Waals surface area contributed by atoms with Gasteiger partial charge in [-0.3, -0.25) is 24.0 Å². The summed E-state index contributed by atoms with van der Waals surface area (Å²) in [6.45, 7) is 0. The number of carbonyl (C=O) groups is 5. The van der Waals surface area contributed by atoms with E-state index in [-0.39, 0.29) is 22.3 Å². The van der Waals surface area contributed by atoms with Gasteiger partial charge in [0.1, 0.15) is 0 Å². The summed E-state index contributed by atoms with van der Waals surface area (Å²) in [5, 5.41) is 2.74. The molecule has 4 aromatic rings. The van der Waals surface area contributed by atoms with Crippen molar-refractivity contribution in [2.24, 2.45) is 0 Å². The van der Waals surface area contributed by atoms with Crippen molar-refractivity contribution < 1.29 is 24.0 Å². The van der Waals surface area contributed by atoms with Gasteiger partial charge in [0, 0.05) is 22.6 Å². The zero-order chi connectivity index (χ0) is 27.4. The quantitative estimate of drug-likeness (QED) is 0.275. The molecule has 0 radical (unpaired) electrons. The number of hydrogen-bond acceptors (Lipinski definition) is 7. The molecule has 0 bridgehead atoms. The highest BCUT2D eigenvalue weighted by Gasteiger charge is 2.37. The predicted octanol–water partition coefficient (Wildman–Crippen LogP) is 3.70. The Morgan fingerprint density at radius 3 is 1.41 bits per heavy atom. The summed E-state index contributed by atoms with van der Waals surface area (Å²) in [6.07, 6.45) is 0. The fourth-order valence-corrected chi connectivity index (χ4v) is 4.64. The largest absolute Gasteiger partial charge is 0.399 e. The van der Waals surface area contributed by atoms with Crippen LogP contribution in [0.3, 0.4) is 0 Å². The Balaban J connectivity index is 1.15. The van der Waals surface area contributed by atoms with Gasteiger partial charge in [-0.25, -0.2) is 9.80 Å². The van der Waals surface area contributed by atoms with Crippen molar-refractivity contribution in [1.82, 2.24) is 0 Å². The molecule has 190 valence electrons. The fourth-order valence-electron chi connectivity index (χ4n) is 4.64. The minimum absolute atomic E-state index is 0.232. The highest BCUT2D eigenvalue weighted by Crippen LogP contribution is 2.31. The van der Waals surface area contributed by atoms with E-state index in [2.05, 4.69) is 5.32 Å². The summed E-state index contributed by atoms with van der Waals surface area (Å²) in [5.74, 6) is -2.30. The molecule has 4 aromatic carbocycles. The first-order chi connectivity index (χ1) is 18.7. The number of fused-ring (bicyclic) bond motifs is 2. The molecule has 0 spiro atoms. The number of nitrogen functional groups attached to an aromatic ring is 2. The Bertz CT molecular complexity index is 1750. The van der Waals surface area contributed by atoms with Crippen LogP contribution in [0.15, 0.2) is 84.9 Å². The molecule has 2 aliphatic rings. The molecular formula is C29H19N5O5. The Morgan fingerprint density at radius 1 is 0.538 bits per heavy atom. The van der Waals surface area contributed by atoms with E-state index in [1.54, 1.807) is 36.4 Å². The summed E-state index contributed by atoms with van der Waals surface area (Å²) in [7, 11) is 0. The maximum absolute atomic E-state index is 12.8. The first kappa shape index (κ1) is 23.6. The van der Waals surface area contributed by atoms with Crippen molar-refractivity contribution in [3.8, 4) is 0 Å². The SMILES string of the molecule is Nc1ccc2c(c1)C(=O)N(c1ccc(NC(=O)c3ccc(N4C(=O)c5ccc(N)cc5C4=O)cc3)cc1)C2=O. The Hall–Kier alpha value is -5.77. The molecule has 0 aromatic heterocycles. The second-order valence-corrected chi connectivity index (χ2v) is 9.05. The first-order valence-corrected chi connectivity index (χ1v) is 11.8. The maximum Gasteiger partial charge on any atom is 0.266 e. The van der Waals surface area contributed by atoms with Gasteiger partial charge in [0.05, 0.1) is 33.6 Å². The van der Waals surface area contributed by atoms with Crippen LogP contribution >= 0.6 is 0 Å². The molecular weight excluding hydrogens is 498 g/mol. The summed E-state index contributed by atoms with van der Waals surface area (Å²) in [5.41, 5.74) is 14.7. The number of imide groups is 2. The number of nitrogens with two attached hydrogens (primary N) is 2. The third-order valence-electron chi connectivity index (χ3n) is 6.59. The molecule has 5 amide bonds. The predicted molar refractivity (Wildman–Crippen MR) is 145 cm³/mol. The Kier molecular flexibility index (Phi) is 5.25. The van der Waals surface area contributed by atoms with Crippen LogP contribution in [0.2, 0.25) is 0 Å². The summed E-state index contributed by atoms with van der Waals surface area (Å²) < 4.78 is 0. The fraction of sp³-hybridized carbons (Fsp3) is 0. The van der Waals surface area contributed by atoms with Gasteiger partial charge in [-0.15, -0.1) is 0 Å². The lowest BCUT2D eigenvalue weighted by atomic mass is 10.1. The van der Waals surface area contributed by atoms with Gasteiger partial charge < -0.3 is 16.8 Å². The lowest BCUT2D eigenvalue weighted by Crippen LogP contribution is -2.29. The van der Waals surface area contributed by atoms with Crippen LogP contribution in [-0.4, -0.2) is 29.5 Å². The van der Waals surface area contributed by atoms with Crippen LogP contribution < -0.4 is 26.6 Å². The van der Waals surface area contributed by atoms with E-state index < -0.39 is 29.5 Å². The molecule has 0 unspecified atom stereocenters. The van der Waals surface area contributed by atoms with Gasteiger partial charge in [-0.2, -0.15) is 0 Å². The second-order valence-electron chi connectivity index (χ2n) is 9.05. The molecule has 0 atom stereocenters. The molecule has 0 saturated heterocycles. The minimum Gasteiger partial charge on any atom is -0.399 e. The van der Waals surface area contributed by atoms with Crippen molar-refractivity contribution in [1.29, 1.82) is 0 Å². The molecule has 2 heterocycles. The van der Waals surface area contributed by atoms with E-state index in [1.807, 2.05) is 0 Å². The number of nitrogens with zero attached hydrogens (tertiary/aromatic N) is 2. The standard InChI is InChI=1S/C29H19N5O5/c30-16-3-11-21-23(13-16)28(38)33(26(21)36)19-7-1-15(2-8-19)25(35)32-18-5-9-20(10-6-18)34-27(37)22-12-4-17(31)14-24(22)29(34)39/h1-14H,30-31H2,(H,32,35). The summed E-state index contributed by atoms with van der Waals surface area (Å²) in [6, 6.07) is 21.4. The average Bonchev–Trinajstić information content (AvgIpc) is 3.32. The van der Waals surface area contributed by atoms with Crippen molar-refractivity contribution in [3.63, 3.8) is 0 Å². The van der Waals surface area contributed by atoms with Crippen molar-refractivity contribution in [2.75, 3.05) is 26.6 Å². The van der Waals surface area contributed by atoms with Gasteiger partial charge in [-0.05, 0) is 84.9 Å². The third kappa shape index (κ3) is 3.78. The lowest BCUT2D eigenvalue weighted by Gasteiger charge is -2.15. The molecule has 6 rings (SSSR count). The summed E-state index contributed by atoms with van der Waals surface area (Å²) >= 11 is 0. The van der Waals surface area contributed by atoms with Crippen LogP contribution in [0, 0.1) is 0 Å². The molecule has 2 aliphatic heterocycles. The topological polar surface area (TPSA) is 156 Å². The molecule has 0 fully saturated rings. The van der Waals surface area contributed by atoms with Crippen molar-refractivity contribution >= 4 is 58.0 Å². The van der Waals surface area contributed by atoms with E-state index in [0.717, 1.165) is 9.80 Å². The number of rotatable bonds is 4. The van der Waals surface area contributed by atoms with Crippen LogP contribution in [0.1, 0.15) is 51.8 Å². The normalized spacial score (nSPS) is 14.1. The zero-order valence-electron chi connectivity index (χ0n) is 20.2. The van der Waals surface area contributed by atoms with Crippen LogP contribution in [0.5, 0.6) is 0 Å². The number of nitrogens with one attached hydrogen (secondary N) is 1. The van der Waals surface area contributed by atoms with Gasteiger partial charge >= 0.3 is 0 Å².